The van der Waals surface area contributed by atoms with Crippen LogP contribution in [0.3, 0.4) is 0 Å². The van der Waals surface area contributed by atoms with Gasteiger partial charge in [0.25, 0.3) is 0 Å². The van der Waals surface area contributed by atoms with Gasteiger partial charge in [0.05, 0.1) is 12.2 Å². The van der Waals surface area contributed by atoms with E-state index in [4.69, 9.17) is 15.2 Å². The highest BCUT2D eigenvalue weighted by atomic mass is 19.4. The Hall–Kier alpha value is -1.43. The molecule has 3 nitrogen and oxygen atoms in total. The molecule has 106 valence electrons. The molecule has 1 heterocycles. The van der Waals surface area contributed by atoms with Crippen molar-refractivity contribution in [3.05, 3.63) is 23.8 Å². The van der Waals surface area contributed by atoms with Gasteiger partial charge in [-0.2, -0.15) is 13.2 Å². The SMILES string of the molecule is Nc1ccc(OCC2CCOCC2)c(C(F)(F)F)c1. The maximum absolute atomic E-state index is 12.8. The molecule has 2 rings (SSSR count). The van der Waals surface area contributed by atoms with E-state index >= 15 is 0 Å². The lowest BCUT2D eigenvalue weighted by Crippen LogP contribution is -2.22. The standard InChI is InChI=1S/C13H16F3NO2/c14-13(15,16)11-7-10(17)1-2-12(11)19-8-9-3-5-18-6-4-9/h1-2,7,9H,3-6,8,17H2. The number of nitrogens with two attached hydrogens (primary N) is 1. The van der Waals surface area contributed by atoms with E-state index in [1.54, 1.807) is 0 Å². The van der Waals surface area contributed by atoms with Crippen LogP contribution in [-0.4, -0.2) is 19.8 Å². The normalized spacial score (nSPS) is 17.4. The molecule has 0 spiro atoms. The molecule has 0 atom stereocenters. The van der Waals surface area contributed by atoms with Gasteiger partial charge in [-0.1, -0.05) is 0 Å². The molecule has 0 saturated carbocycles. The summed E-state index contributed by atoms with van der Waals surface area (Å²) in [5.41, 5.74) is 4.65. The van der Waals surface area contributed by atoms with E-state index in [2.05, 4.69) is 0 Å². The van der Waals surface area contributed by atoms with E-state index in [0.717, 1.165) is 18.9 Å². The maximum Gasteiger partial charge on any atom is 0.420 e. The lowest BCUT2D eigenvalue weighted by atomic mass is 10.0. The lowest BCUT2D eigenvalue weighted by molar-refractivity contribution is -0.139. The van der Waals surface area contributed by atoms with Crippen LogP contribution in [-0.2, 0) is 10.9 Å². The number of hydrogen-bond acceptors (Lipinski definition) is 3. The molecule has 0 radical (unpaired) electrons. The van der Waals surface area contributed by atoms with Crippen LogP contribution >= 0.6 is 0 Å². The Morgan fingerprint density at radius 2 is 1.95 bits per heavy atom. The van der Waals surface area contributed by atoms with Gasteiger partial charge < -0.3 is 15.2 Å². The van der Waals surface area contributed by atoms with Crippen molar-refractivity contribution < 1.29 is 22.6 Å². The quantitative estimate of drug-likeness (QED) is 0.862. The number of nitrogen functional groups attached to an aromatic ring is 1. The predicted molar refractivity (Wildman–Crippen MR) is 64.9 cm³/mol. The molecule has 0 aliphatic carbocycles. The average Bonchev–Trinajstić information content (AvgIpc) is 2.37. The van der Waals surface area contributed by atoms with Crippen LogP contribution in [0.15, 0.2) is 18.2 Å². The van der Waals surface area contributed by atoms with Gasteiger partial charge in [-0.3, -0.25) is 0 Å². The topological polar surface area (TPSA) is 44.5 Å². The Kier molecular flexibility index (Phi) is 4.19. The zero-order chi connectivity index (χ0) is 13.9. The summed E-state index contributed by atoms with van der Waals surface area (Å²) in [6, 6.07) is 3.59. The van der Waals surface area contributed by atoms with E-state index in [0.29, 0.717) is 13.2 Å². The molecular weight excluding hydrogens is 259 g/mol. The summed E-state index contributed by atoms with van der Waals surface area (Å²) >= 11 is 0. The van der Waals surface area contributed by atoms with Gasteiger partial charge in [0, 0.05) is 18.9 Å². The van der Waals surface area contributed by atoms with Gasteiger partial charge in [0.1, 0.15) is 5.75 Å². The zero-order valence-corrected chi connectivity index (χ0v) is 10.4. The molecule has 2 N–H and O–H groups in total. The van der Waals surface area contributed by atoms with Crippen molar-refractivity contribution in [3.8, 4) is 5.75 Å². The van der Waals surface area contributed by atoms with E-state index in [9.17, 15) is 13.2 Å². The van der Waals surface area contributed by atoms with Crippen molar-refractivity contribution in [3.63, 3.8) is 0 Å². The van der Waals surface area contributed by atoms with Crippen LogP contribution in [0, 0.1) is 5.92 Å². The van der Waals surface area contributed by atoms with Crippen LogP contribution in [0.4, 0.5) is 18.9 Å². The summed E-state index contributed by atoms with van der Waals surface area (Å²) in [4.78, 5) is 0. The Bertz CT molecular complexity index is 428. The minimum Gasteiger partial charge on any atom is -0.493 e. The molecule has 19 heavy (non-hydrogen) atoms. The van der Waals surface area contributed by atoms with Gasteiger partial charge in [0.15, 0.2) is 0 Å². The number of rotatable bonds is 3. The number of alkyl halides is 3. The molecule has 1 aromatic rings. The third-order valence-electron chi connectivity index (χ3n) is 3.12. The van der Waals surface area contributed by atoms with Gasteiger partial charge in [0.2, 0.25) is 0 Å². The summed E-state index contributed by atoms with van der Waals surface area (Å²) < 4.78 is 49.0. The summed E-state index contributed by atoms with van der Waals surface area (Å²) in [5, 5.41) is 0. The molecule has 1 saturated heterocycles. The van der Waals surface area contributed by atoms with E-state index in [-0.39, 0.29) is 24.0 Å². The largest absolute Gasteiger partial charge is 0.493 e. The molecule has 0 unspecified atom stereocenters. The second-order valence-corrected chi connectivity index (χ2v) is 4.62. The van der Waals surface area contributed by atoms with Crippen LogP contribution < -0.4 is 10.5 Å². The second-order valence-electron chi connectivity index (χ2n) is 4.62. The van der Waals surface area contributed by atoms with Gasteiger partial charge >= 0.3 is 6.18 Å². The molecule has 1 aliphatic heterocycles. The zero-order valence-electron chi connectivity index (χ0n) is 10.4. The molecule has 1 aromatic carbocycles. The Balaban J connectivity index is 2.06. The van der Waals surface area contributed by atoms with Crippen LogP contribution in [0.2, 0.25) is 0 Å². The highest BCUT2D eigenvalue weighted by Gasteiger charge is 2.34. The molecule has 1 fully saturated rings. The number of ether oxygens (including phenoxy) is 2. The fraction of sp³-hybridized carbons (Fsp3) is 0.538. The van der Waals surface area contributed by atoms with Crippen molar-refractivity contribution in [2.24, 2.45) is 5.92 Å². The fourth-order valence-electron chi connectivity index (χ4n) is 2.02. The first-order valence-corrected chi connectivity index (χ1v) is 6.14. The second kappa shape index (κ2) is 5.69. The summed E-state index contributed by atoms with van der Waals surface area (Å²) in [6.45, 7) is 1.56. The van der Waals surface area contributed by atoms with Crippen LogP contribution in [0.25, 0.3) is 0 Å². The van der Waals surface area contributed by atoms with Crippen molar-refractivity contribution in [1.82, 2.24) is 0 Å². The number of anilines is 1. The number of benzene rings is 1. The van der Waals surface area contributed by atoms with Crippen molar-refractivity contribution in [2.75, 3.05) is 25.6 Å². The minimum atomic E-state index is -4.46. The summed E-state index contributed by atoms with van der Waals surface area (Å²) in [7, 11) is 0. The highest BCUT2D eigenvalue weighted by Crippen LogP contribution is 2.37. The Morgan fingerprint density at radius 3 is 2.58 bits per heavy atom. The molecular formula is C13H16F3NO2. The van der Waals surface area contributed by atoms with E-state index in [1.807, 2.05) is 0 Å². The predicted octanol–water partition coefficient (Wildman–Crippen LogP) is 3.09. The molecule has 1 aliphatic rings. The van der Waals surface area contributed by atoms with Crippen LogP contribution in [0.5, 0.6) is 5.75 Å². The van der Waals surface area contributed by atoms with Gasteiger partial charge in [-0.15, -0.1) is 0 Å². The van der Waals surface area contributed by atoms with E-state index in [1.165, 1.54) is 12.1 Å². The molecule has 6 heteroatoms. The van der Waals surface area contributed by atoms with Gasteiger partial charge in [-0.05, 0) is 37.0 Å². The average molecular weight is 275 g/mol. The lowest BCUT2D eigenvalue weighted by Gasteiger charge is -2.23. The molecule has 0 amide bonds. The van der Waals surface area contributed by atoms with E-state index < -0.39 is 11.7 Å². The molecule has 0 aromatic heterocycles. The summed E-state index contributed by atoms with van der Waals surface area (Å²) in [6.07, 6.45) is -2.83. The number of hydrogen-bond donors (Lipinski definition) is 1. The van der Waals surface area contributed by atoms with Crippen LogP contribution in [0.1, 0.15) is 18.4 Å². The molecule has 0 bridgehead atoms. The fourth-order valence-corrected chi connectivity index (χ4v) is 2.02. The highest BCUT2D eigenvalue weighted by molar-refractivity contribution is 5.49. The first-order chi connectivity index (χ1) is 8.97. The minimum absolute atomic E-state index is 0.0748. The van der Waals surface area contributed by atoms with Crippen molar-refractivity contribution in [1.29, 1.82) is 0 Å². The van der Waals surface area contributed by atoms with Gasteiger partial charge in [-0.25, -0.2) is 0 Å². The Labute approximate surface area is 109 Å². The van der Waals surface area contributed by atoms with Crippen molar-refractivity contribution >= 4 is 5.69 Å². The first kappa shape index (κ1) is 14.0. The van der Waals surface area contributed by atoms with Crippen molar-refractivity contribution in [2.45, 2.75) is 19.0 Å². The maximum atomic E-state index is 12.8. The smallest absolute Gasteiger partial charge is 0.420 e. The third kappa shape index (κ3) is 3.76. The monoisotopic (exact) mass is 275 g/mol. The number of halogens is 3. The Morgan fingerprint density at radius 1 is 1.26 bits per heavy atom. The summed E-state index contributed by atoms with van der Waals surface area (Å²) in [5.74, 6) is 0.0839. The third-order valence-corrected chi connectivity index (χ3v) is 3.12. The first-order valence-electron chi connectivity index (χ1n) is 6.14.